The molecule has 0 saturated heterocycles. The van der Waals surface area contributed by atoms with E-state index in [0.717, 1.165) is 0 Å². The SMILES string of the molecule is CN(Cc1ccccc1)NC(=O)CBr. The average Bonchev–Trinajstić information content (AvgIpc) is 2.19. The van der Waals surface area contributed by atoms with Crippen LogP contribution in [0.2, 0.25) is 0 Å². The van der Waals surface area contributed by atoms with E-state index in [1.54, 1.807) is 5.01 Å². The van der Waals surface area contributed by atoms with Crippen LogP contribution >= 0.6 is 15.9 Å². The van der Waals surface area contributed by atoms with Crippen LogP contribution in [0.3, 0.4) is 0 Å². The maximum atomic E-state index is 11.0. The van der Waals surface area contributed by atoms with Crippen LogP contribution in [0, 0.1) is 0 Å². The van der Waals surface area contributed by atoms with Crippen LogP contribution in [0.5, 0.6) is 0 Å². The summed E-state index contributed by atoms with van der Waals surface area (Å²) in [5.74, 6) is -0.0385. The Hall–Kier alpha value is -0.870. The Kier molecular flexibility index (Phi) is 4.62. The van der Waals surface area contributed by atoms with E-state index in [2.05, 4.69) is 21.4 Å². The second-order valence-corrected chi connectivity index (χ2v) is 3.57. The van der Waals surface area contributed by atoms with Gasteiger partial charge in [-0.1, -0.05) is 46.3 Å². The number of hydrazine groups is 1. The van der Waals surface area contributed by atoms with Gasteiger partial charge in [-0.3, -0.25) is 10.2 Å². The maximum absolute atomic E-state index is 11.0. The van der Waals surface area contributed by atoms with Crippen LogP contribution in [-0.4, -0.2) is 23.3 Å². The number of carbonyl (C=O) groups is 1. The highest BCUT2D eigenvalue weighted by atomic mass is 79.9. The van der Waals surface area contributed by atoms with Gasteiger partial charge < -0.3 is 0 Å². The van der Waals surface area contributed by atoms with Crippen LogP contribution in [0.25, 0.3) is 0 Å². The highest BCUT2D eigenvalue weighted by Crippen LogP contribution is 2.00. The van der Waals surface area contributed by atoms with Crippen LogP contribution < -0.4 is 5.43 Å². The smallest absolute Gasteiger partial charge is 0.244 e. The minimum absolute atomic E-state index is 0.0385. The van der Waals surface area contributed by atoms with Crippen molar-refractivity contribution in [2.24, 2.45) is 0 Å². The molecule has 76 valence electrons. The number of alkyl halides is 1. The second kappa shape index (κ2) is 5.78. The molecule has 0 spiro atoms. The van der Waals surface area contributed by atoms with E-state index < -0.39 is 0 Å². The molecule has 1 N–H and O–H groups in total. The molecule has 0 fully saturated rings. The molecule has 0 aliphatic rings. The standard InChI is InChI=1S/C10H13BrN2O/c1-13(12-10(14)7-11)8-9-5-3-2-4-6-9/h2-6H,7-8H2,1H3,(H,12,14). The van der Waals surface area contributed by atoms with Gasteiger partial charge >= 0.3 is 0 Å². The summed E-state index contributed by atoms with van der Waals surface area (Å²) in [6.45, 7) is 0.708. The first kappa shape index (κ1) is 11.2. The number of nitrogens with zero attached hydrogens (tertiary/aromatic N) is 1. The fourth-order valence-electron chi connectivity index (χ4n) is 1.14. The van der Waals surface area contributed by atoms with E-state index >= 15 is 0 Å². The molecule has 0 saturated carbocycles. The van der Waals surface area contributed by atoms with Gasteiger partial charge in [0.2, 0.25) is 5.91 Å². The number of benzene rings is 1. The predicted octanol–water partition coefficient (Wildman–Crippen LogP) is 1.54. The monoisotopic (exact) mass is 256 g/mol. The lowest BCUT2D eigenvalue weighted by Gasteiger charge is -2.17. The summed E-state index contributed by atoms with van der Waals surface area (Å²) in [6.07, 6.45) is 0. The van der Waals surface area contributed by atoms with Gasteiger partial charge in [0.25, 0.3) is 0 Å². The van der Waals surface area contributed by atoms with Gasteiger partial charge in [0, 0.05) is 13.6 Å². The van der Waals surface area contributed by atoms with Crippen molar-refractivity contribution in [3.63, 3.8) is 0 Å². The Balaban J connectivity index is 2.41. The molecule has 0 radical (unpaired) electrons. The molecule has 1 aromatic carbocycles. The Morgan fingerprint density at radius 1 is 1.43 bits per heavy atom. The van der Waals surface area contributed by atoms with Crippen molar-refractivity contribution in [1.29, 1.82) is 0 Å². The van der Waals surface area contributed by atoms with Gasteiger partial charge in [0.1, 0.15) is 0 Å². The van der Waals surface area contributed by atoms with E-state index in [4.69, 9.17) is 0 Å². The molecule has 14 heavy (non-hydrogen) atoms. The van der Waals surface area contributed by atoms with Crippen molar-refractivity contribution < 1.29 is 4.79 Å². The highest BCUT2D eigenvalue weighted by Gasteiger charge is 2.02. The minimum atomic E-state index is -0.0385. The summed E-state index contributed by atoms with van der Waals surface area (Å²) in [5, 5.41) is 2.09. The third kappa shape index (κ3) is 3.89. The van der Waals surface area contributed by atoms with Gasteiger partial charge in [0.15, 0.2) is 0 Å². The molecular formula is C10H13BrN2O. The summed E-state index contributed by atoms with van der Waals surface area (Å²) < 4.78 is 0. The van der Waals surface area contributed by atoms with Gasteiger partial charge in [-0.25, -0.2) is 5.01 Å². The summed E-state index contributed by atoms with van der Waals surface area (Å²) in [5.41, 5.74) is 3.90. The van der Waals surface area contributed by atoms with E-state index in [1.807, 2.05) is 37.4 Å². The predicted molar refractivity (Wildman–Crippen MR) is 59.8 cm³/mol. The fraction of sp³-hybridized carbons (Fsp3) is 0.300. The number of rotatable bonds is 4. The third-order valence-corrected chi connectivity index (χ3v) is 2.21. The van der Waals surface area contributed by atoms with Gasteiger partial charge in [-0.2, -0.15) is 0 Å². The van der Waals surface area contributed by atoms with Crippen molar-refractivity contribution in [1.82, 2.24) is 10.4 Å². The molecule has 1 aromatic rings. The Morgan fingerprint density at radius 3 is 2.64 bits per heavy atom. The minimum Gasteiger partial charge on any atom is -0.288 e. The van der Waals surface area contributed by atoms with E-state index in [0.29, 0.717) is 11.9 Å². The number of nitrogens with one attached hydrogen (secondary N) is 1. The molecular weight excluding hydrogens is 244 g/mol. The maximum Gasteiger partial charge on any atom is 0.244 e. The summed E-state index contributed by atoms with van der Waals surface area (Å²) in [7, 11) is 1.84. The van der Waals surface area contributed by atoms with Crippen LogP contribution in [-0.2, 0) is 11.3 Å². The average molecular weight is 257 g/mol. The zero-order valence-electron chi connectivity index (χ0n) is 8.03. The van der Waals surface area contributed by atoms with E-state index in [1.165, 1.54) is 5.56 Å². The molecule has 0 aromatic heterocycles. The highest BCUT2D eigenvalue weighted by molar-refractivity contribution is 9.09. The van der Waals surface area contributed by atoms with Crippen molar-refractivity contribution in [2.75, 3.05) is 12.4 Å². The molecule has 0 atom stereocenters. The van der Waals surface area contributed by atoms with E-state index in [-0.39, 0.29) is 5.91 Å². The molecule has 0 unspecified atom stereocenters. The molecule has 0 bridgehead atoms. The first-order chi connectivity index (χ1) is 6.72. The Bertz CT molecular complexity index is 289. The van der Waals surface area contributed by atoms with Gasteiger partial charge in [-0.15, -0.1) is 0 Å². The molecule has 3 nitrogen and oxygen atoms in total. The summed E-state index contributed by atoms with van der Waals surface area (Å²) in [4.78, 5) is 11.0. The third-order valence-electron chi connectivity index (χ3n) is 1.70. The summed E-state index contributed by atoms with van der Waals surface area (Å²) >= 11 is 3.09. The quantitative estimate of drug-likeness (QED) is 0.655. The lowest BCUT2D eigenvalue weighted by Crippen LogP contribution is -2.39. The molecule has 0 aliphatic carbocycles. The Labute approximate surface area is 92.2 Å². The molecule has 1 amide bonds. The van der Waals surface area contributed by atoms with Crippen molar-refractivity contribution in [3.05, 3.63) is 35.9 Å². The largest absolute Gasteiger partial charge is 0.288 e. The number of amides is 1. The zero-order valence-corrected chi connectivity index (χ0v) is 9.62. The normalized spacial score (nSPS) is 10.2. The van der Waals surface area contributed by atoms with Crippen molar-refractivity contribution in [2.45, 2.75) is 6.54 Å². The van der Waals surface area contributed by atoms with Crippen molar-refractivity contribution >= 4 is 21.8 Å². The van der Waals surface area contributed by atoms with Gasteiger partial charge in [-0.05, 0) is 5.56 Å². The number of hydrogen-bond donors (Lipinski definition) is 1. The van der Waals surface area contributed by atoms with Crippen LogP contribution in [0.15, 0.2) is 30.3 Å². The van der Waals surface area contributed by atoms with Crippen molar-refractivity contribution in [3.8, 4) is 0 Å². The lowest BCUT2D eigenvalue weighted by molar-refractivity contribution is -0.122. The fourth-order valence-corrected chi connectivity index (χ4v) is 1.26. The topological polar surface area (TPSA) is 32.3 Å². The first-order valence-corrected chi connectivity index (χ1v) is 5.45. The number of carbonyl (C=O) groups excluding carboxylic acids is 1. The number of hydrogen-bond acceptors (Lipinski definition) is 2. The first-order valence-electron chi connectivity index (χ1n) is 4.33. The van der Waals surface area contributed by atoms with E-state index in [9.17, 15) is 4.79 Å². The zero-order chi connectivity index (χ0) is 10.4. The second-order valence-electron chi connectivity index (χ2n) is 3.01. The van der Waals surface area contributed by atoms with Crippen LogP contribution in [0.4, 0.5) is 0 Å². The number of halogens is 1. The lowest BCUT2D eigenvalue weighted by atomic mass is 10.2. The Morgan fingerprint density at radius 2 is 2.07 bits per heavy atom. The molecule has 0 heterocycles. The molecule has 4 heteroatoms. The molecule has 0 aliphatic heterocycles. The summed E-state index contributed by atoms with van der Waals surface area (Å²) in [6, 6.07) is 9.99. The van der Waals surface area contributed by atoms with Crippen LogP contribution in [0.1, 0.15) is 5.56 Å². The molecule has 1 rings (SSSR count). The van der Waals surface area contributed by atoms with Gasteiger partial charge in [0.05, 0.1) is 5.33 Å².